The van der Waals surface area contributed by atoms with Gasteiger partial charge in [-0.25, -0.2) is 0 Å². The Labute approximate surface area is 97.7 Å². The van der Waals surface area contributed by atoms with Gasteiger partial charge in [0.25, 0.3) is 0 Å². The van der Waals surface area contributed by atoms with E-state index in [-0.39, 0.29) is 12.3 Å². The fraction of sp³-hybridized carbons (Fsp3) is 0.0833. The number of rotatable bonds is 3. The van der Waals surface area contributed by atoms with Crippen LogP contribution < -0.4 is 11.5 Å². The number of Topliss-reactive ketones (excluding diaryl/α,β-unsaturated/α-hetero) is 1. The van der Waals surface area contributed by atoms with Crippen molar-refractivity contribution in [3.05, 3.63) is 41.3 Å². The number of thiophene rings is 1. The summed E-state index contributed by atoms with van der Waals surface area (Å²) < 4.78 is 0. The predicted octanol–water partition coefficient (Wildman–Crippen LogP) is 2.14. The van der Waals surface area contributed by atoms with Crippen LogP contribution in [-0.4, -0.2) is 12.3 Å². The Balaban J connectivity index is 2.42. The molecule has 0 amide bonds. The van der Waals surface area contributed by atoms with E-state index in [1.165, 1.54) is 11.3 Å². The minimum absolute atomic E-state index is 0.00105. The summed E-state index contributed by atoms with van der Waals surface area (Å²) >= 11 is 1.39. The zero-order valence-corrected chi connectivity index (χ0v) is 9.46. The molecule has 1 aromatic heterocycles. The number of benzene rings is 1. The van der Waals surface area contributed by atoms with Crippen molar-refractivity contribution >= 4 is 22.8 Å². The molecule has 0 aliphatic carbocycles. The number of hydrogen-bond donors (Lipinski definition) is 2. The lowest BCUT2D eigenvalue weighted by Crippen LogP contribution is -2.13. The van der Waals surface area contributed by atoms with E-state index < -0.39 is 0 Å². The predicted molar refractivity (Wildman–Crippen MR) is 67.6 cm³/mol. The van der Waals surface area contributed by atoms with Crippen molar-refractivity contribution in [3.63, 3.8) is 0 Å². The van der Waals surface area contributed by atoms with Gasteiger partial charge < -0.3 is 11.5 Å². The van der Waals surface area contributed by atoms with Crippen LogP contribution in [0.3, 0.4) is 0 Å². The van der Waals surface area contributed by atoms with Gasteiger partial charge in [-0.15, -0.1) is 11.3 Å². The molecule has 0 atom stereocenters. The lowest BCUT2D eigenvalue weighted by atomic mass is 10.2. The second kappa shape index (κ2) is 4.47. The van der Waals surface area contributed by atoms with Crippen molar-refractivity contribution in [3.8, 4) is 10.4 Å². The summed E-state index contributed by atoms with van der Waals surface area (Å²) in [5.74, 6) is -0.107. The highest BCUT2D eigenvalue weighted by Crippen LogP contribution is 2.33. The standard InChI is InChI=1S/C12H12N2OS/c13-7-10(15)12-9(14)6-11(16-12)8-4-2-1-3-5-8/h1-6H,7,13-14H2. The van der Waals surface area contributed by atoms with Gasteiger partial charge in [0.1, 0.15) is 0 Å². The third-order valence-electron chi connectivity index (χ3n) is 2.26. The zero-order valence-electron chi connectivity index (χ0n) is 8.64. The van der Waals surface area contributed by atoms with E-state index in [0.717, 1.165) is 10.4 Å². The fourth-order valence-corrected chi connectivity index (χ4v) is 2.49. The summed E-state index contributed by atoms with van der Waals surface area (Å²) in [6.45, 7) is -0.00105. The number of carbonyl (C=O) groups excluding carboxylic acids is 1. The Morgan fingerprint density at radius 2 is 1.94 bits per heavy atom. The van der Waals surface area contributed by atoms with E-state index in [1.54, 1.807) is 0 Å². The van der Waals surface area contributed by atoms with Crippen molar-refractivity contribution < 1.29 is 4.79 Å². The normalized spacial score (nSPS) is 10.3. The van der Waals surface area contributed by atoms with Crippen LogP contribution in [0.15, 0.2) is 36.4 Å². The van der Waals surface area contributed by atoms with Gasteiger partial charge in [-0.2, -0.15) is 0 Å². The van der Waals surface area contributed by atoms with Gasteiger partial charge in [0, 0.05) is 4.88 Å². The first kappa shape index (κ1) is 10.9. The number of hydrogen-bond acceptors (Lipinski definition) is 4. The topological polar surface area (TPSA) is 69.1 Å². The summed E-state index contributed by atoms with van der Waals surface area (Å²) in [5.41, 5.74) is 12.7. The smallest absolute Gasteiger partial charge is 0.188 e. The van der Waals surface area contributed by atoms with Crippen LogP contribution in [0.2, 0.25) is 0 Å². The summed E-state index contributed by atoms with van der Waals surface area (Å²) in [7, 11) is 0. The molecule has 1 aromatic carbocycles. The van der Waals surface area contributed by atoms with Gasteiger partial charge in [0.15, 0.2) is 5.78 Å². The molecule has 4 heteroatoms. The van der Waals surface area contributed by atoms with Crippen LogP contribution >= 0.6 is 11.3 Å². The van der Waals surface area contributed by atoms with Gasteiger partial charge in [-0.3, -0.25) is 4.79 Å². The Bertz CT molecular complexity index is 505. The van der Waals surface area contributed by atoms with Crippen LogP contribution in [-0.2, 0) is 0 Å². The SMILES string of the molecule is NCC(=O)c1sc(-c2ccccc2)cc1N. The molecule has 0 aliphatic rings. The van der Waals surface area contributed by atoms with Gasteiger partial charge in [0.05, 0.1) is 17.1 Å². The van der Waals surface area contributed by atoms with E-state index in [4.69, 9.17) is 11.5 Å². The molecule has 0 aliphatic heterocycles. The maximum atomic E-state index is 11.5. The van der Waals surface area contributed by atoms with Gasteiger partial charge in [-0.05, 0) is 11.6 Å². The highest BCUT2D eigenvalue weighted by atomic mass is 32.1. The molecule has 4 N–H and O–H groups in total. The molecule has 0 radical (unpaired) electrons. The molecule has 1 heterocycles. The summed E-state index contributed by atoms with van der Waals surface area (Å²) in [6.07, 6.45) is 0. The second-order valence-electron chi connectivity index (χ2n) is 3.39. The van der Waals surface area contributed by atoms with E-state index >= 15 is 0 Å². The molecule has 16 heavy (non-hydrogen) atoms. The lowest BCUT2D eigenvalue weighted by Gasteiger charge is -1.94. The maximum absolute atomic E-state index is 11.5. The lowest BCUT2D eigenvalue weighted by molar-refractivity contribution is 0.101. The molecule has 2 rings (SSSR count). The minimum atomic E-state index is -0.107. The molecule has 0 saturated heterocycles. The Hall–Kier alpha value is -1.65. The number of anilines is 1. The quantitative estimate of drug-likeness (QED) is 0.796. The molecule has 3 nitrogen and oxygen atoms in total. The number of nitrogen functional groups attached to an aromatic ring is 1. The Morgan fingerprint density at radius 3 is 2.56 bits per heavy atom. The highest BCUT2D eigenvalue weighted by molar-refractivity contribution is 7.18. The first-order valence-corrected chi connectivity index (χ1v) is 5.72. The van der Waals surface area contributed by atoms with Crippen molar-refractivity contribution in [1.82, 2.24) is 0 Å². The van der Waals surface area contributed by atoms with Gasteiger partial charge >= 0.3 is 0 Å². The number of carbonyl (C=O) groups is 1. The first-order valence-electron chi connectivity index (χ1n) is 4.90. The third-order valence-corrected chi connectivity index (χ3v) is 3.50. The summed E-state index contributed by atoms with van der Waals surface area (Å²) in [6, 6.07) is 11.7. The second-order valence-corrected chi connectivity index (χ2v) is 4.44. The van der Waals surface area contributed by atoms with Gasteiger partial charge in [0.2, 0.25) is 0 Å². The maximum Gasteiger partial charge on any atom is 0.188 e. The molecular formula is C12H12N2OS. The zero-order chi connectivity index (χ0) is 11.5. The van der Waals surface area contributed by atoms with Gasteiger partial charge in [-0.1, -0.05) is 30.3 Å². The summed E-state index contributed by atoms with van der Waals surface area (Å²) in [4.78, 5) is 13.0. The molecule has 0 fully saturated rings. The minimum Gasteiger partial charge on any atom is -0.397 e. The monoisotopic (exact) mass is 232 g/mol. The molecular weight excluding hydrogens is 220 g/mol. The third kappa shape index (κ3) is 1.98. The highest BCUT2D eigenvalue weighted by Gasteiger charge is 2.13. The summed E-state index contributed by atoms with van der Waals surface area (Å²) in [5, 5.41) is 0. The fourth-order valence-electron chi connectivity index (χ4n) is 1.46. The van der Waals surface area contributed by atoms with Crippen LogP contribution in [0.4, 0.5) is 5.69 Å². The van der Waals surface area contributed by atoms with Crippen LogP contribution in [0.1, 0.15) is 9.67 Å². The molecule has 82 valence electrons. The van der Waals surface area contributed by atoms with E-state index in [1.807, 2.05) is 36.4 Å². The number of nitrogens with two attached hydrogens (primary N) is 2. The average Bonchev–Trinajstić information content (AvgIpc) is 2.71. The Kier molecular flexibility index (Phi) is 3.03. The molecule has 0 spiro atoms. The number of ketones is 1. The molecule has 0 unspecified atom stereocenters. The van der Waals surface area contributed by atoms with Crippen LogP contribution in [0.5, 0.6) is 0 Å². The van der Waals surface area contributed by atoms with Crippen molar-refractivity contribution in [1.29, 1.82) is 0 Å². The largest absolute Gasteiger partial charge is 0.397 e. The van der Waals surface area contributed by atoms with E-state index in [9.17, 15) is 4.79 Å². The van der Waals surface area contributed by atoms with Crippen molar-refractivity contribution in [2.75, 3.05) is 12.3 Å². The van der Waals surface area contributed by atoms with Crippen molar-refractivity contribution in [2.45, 2.75) is 0 Å². The van der Waals surface area contributed by atoms with E-state index in [0.29, 0.717) is 10.6 Å². The molecule has 0 bridgehead atoms. The first-order chi connectivity index (χ1) is 7.72. The van der Waals surface area contributed by atoms with E-state index in [2.05, 4.69) is 0 Å². The van der Waals surface area contributed by atoms with Crippen LogP contribution in [0, 0.1) is 0 Å². The Morgan fingerprint density at radius 1 is 1.25 bits per heavy atom. The van der Waals surface area contributed by atoms with Crippen molar-refractivity contribution in [2.24, 2.45) is 5.73 Å². The molecule has 2 aromatic rings. The average molecular weight is 232 g/mol. The van der Waals surface area contributed by atoms with Crippen LogP contribution in [0.25, 0.3) is 10.4 Å². The molecule has 0 saturated carbocycles.